The first-order valence-electron chi connectivity index (χ1n) is 7.25. The van der Waals surface area contributed by atoms with Crippen LogP contribution in [0, 0.1) is 0 Å². The quantitative estimate of drug-likeness (QED) is 0.657. The lowest BCUT2D eigenvalue weighted by Crippen LogP contribution is -2.53. The summed E-state index contributed by atoms with van der Waals surface area (Å²) in [5.41, 5.74) is -1.02. The van der Waals surface area contributed by atoms with Gasteiger partial charge in [0, 0.05) is 6.04 Å². The average molecular weight is 270 g/mol. The van der Waals surface area contributed by atoms with Crippen molar-refractivity contribution in [2.45, 2.75) is 70.4 Å². The maximum Gasteiger partial charge on any atom is 0.323 e. The first kappa shape index (κ1) is 16.0. The minimum atomic E-state index is -1.02. The van der Waals surface area contributed by atoms with E-state index in [1.165, 1.54) is 19.3 Å². The Hall–Kier alpha value is -1.10. The van der Waals surface area contributed by atoms with Crippen molar-refractivity contribution >= 4 is 11.9 Å². The maximum atomic E-state index is 11.8. The van der Waals surface area contributed by atoms with Crippen molar-refractivity contribution in [1.29, 1.82) is 0 Å². The van der Waals surface area contributed by atoms with Crippen molar-refractivity contribution in [2.24, 2.45) is 0 Å². The van der Waals surface area contributed by atoms with E-state index in [1.807, 2.05) is 6.92 Å². The standard InChI is InChI=1S/C14H26N2O3/c1-3-9-14(2,13(18)19)15-10-12(17)16-11-7-5-4-6-8-11/h11,15H,3-10H2,1-2H3,(H,16,17)(H,18,19). The predicted octanol–water partition coefficient (Wildman–Crippen LogP) is 1.67. The van der Waals surface area contributed by atoms with Crippen LogP contribution in [0.15, 0.2) is 0 Å². The van der Waals surface area contributed by atoms with Crippen molar-refractivity contribution in [2.75, 3.05) is 6.54 Å². The highest BCUT2D eigenvalue weighted by Crippen LogP contribution is 2.17. The van der Waals surface area contributed by atoms with Crippen LogP contribution in [0.5, 0.6) is 0 Å². The van der Waals surface area contributed by atoms with Gasteiger partial charge in [0.25, 0.3) is 0 Å². The van der Waals surface area contributed by atoms with E-state index in [9.17, 15) is 14.7 Å². The summed E-state index contributed by atoms with van der Waals surface area (Å²) in [6.45, 7) is 3.64. The second-order valence-electron chi connectivity index (χ2n) is 5.64. The molecule has 1 atom stereocenters. The lowest BCUT2D eigenvalue weighted by Gasteiger charge is -2.27. The number of rotatable bonds is 7. The molecule has 0 aromatic rings. The second-order valence-corrected chi connectivity index (χ2v) is 5.64. The highest BCUT2D eigenvalue weighted by molar-refractivity contribution is 5.82. The van der Waals surface area contributed by atoms with Crippen LogP contribution in [0.2, 0.25) is 0 Å². The molecule has 1 amide bonds. The van der Waals surface area contributed by atoms with Crippen molar-refractivity contribution < 1.29 is 14.7 Å². The van der Waals surface area contributed by atoms with Crippen LogP contribution < -0.4 is 10.6 Å². The summed E-state index contributed by atoms with van der Waals surface area (Å²) in [5, 5.41) is 15.1. The molecule has 0 aliphatic heterocycles. The fraction of sp³-hybridized carbons (Fsp3) is 0.857. The van der Waals surface area contributed by atoms with Gasteiger partial charge >= 0.3 is 5.97 Å². The molecule has 0 aromatic heterocycles. The van der Waals surface area contributed by atoms with Crippen molar-refractivity contribution in [3.63, 3.8) is 0 Å². The molecule has 1 fully saturated rings. The van der Waals surface area contributed by atoms with E-state index in [0.717, 1.165) is 19.3 Å². The lowest BCUT2D eigenvalue weighted by molar-refractivity contribution is -0.144. The fourth-order valence-electron chi connectivity index (χ4n) is 2.57. The second kappa shape index (κ2) is 7.48. The molecule has 5 nitrogen and oxygen atoms in total. The number of amides is 1. The van der Waals surface area contributed by atoms with Gasteiger partial charge in [-0.2, -0.15) is 0 Å². The van der Waals surface area contributed by atoms with E-state index in [2.05, 4.69) is 10.6 Å². The number of carbonyl (C=O) groups excluding carboxylic acids is 1. The third-order valence-corrected chi connectivity index (χ3v) is 3.83. The molecular formula is C14H26N2O3. The Morgan fingerprint density at radius 1 is 1.26 bits per heavy atom. The minimum Gasteiger partial charge on any atom is -0.480 e. The Kier molecular flexibility index (Phi) is 6.28. The van der Waals surface area contributed by atoms with E-state index < -0.39 is 11.5 Å². The van der Waals surface area contributed by atoms with Crippen molar-refractivity contribution in [1.82, 2.24) is 10.6 Å². The molecular weight excluding hydrogens is 244 g/mol. The number of hydrogen-bond acceptors (Lipinski definition) is 3. The number of hydrogen-bond donors (Lipinski definition) is 3. The fourth-order valence-corrected chi connectivity index (χ4v) is 2.57. The number of carboxylic acid groups (broad SMARTS) is 1. The van der Waals surface area contributed by atoms with Crippen molar-refractivity contribution in [3.05, 3.63) is 0 Å². The minimum absolute atomic E-state index is 0.0688. The van der Waals surface area contributed by atoms with Crippen molar-refractivity contribution in [3.8, 4) is 0 Å². The highest BCUT2D eigenvalue weighted by atomic mass is 16.4. The molecule has 0 bridgehead atoms. The summed E-state index contributed by atoms with van der Waals surface area (Å²) in [7, 11) is 0. The number of carboxylic acids is 1. The third kappa shape index (κ3) is 5.19. The van der Waals surface area contributed by atoms with E-state index >= 15 is 0 Å². The van der Waals surface area contributed by atoms with Crippen LogP contribution in [0.25, 0.3) is 0 Å². The van der Waals surface area contributed by atoms with Gasteiger partial charge in [-0.3, -0.25) is 14.9 Å². The summed E-state index contributed by atoms with van der Waals surface area (Å²) in [5.74, 6) is -1.00. The molecule has 110 valence electrons. The molecule has 1 saturated carbocycles. The SMILES string of the molecule is CCCC(C)(NCC(=O)NC1CCCCC1)C(=O)O. The first-order chi connectivity index (χ1) is 8.98. The largest absolute Gasteiger partial charge is 0.480 e. The van der Waals surface area contributed by atoms with Gasteiger partial charge in [-0.1, -0.05) is 32.6 Å². The van der Waals surface area contributed by atoms with Gasteiger partial charge < -0.3 is 10.4 Å². The molecule has 1 rings (SSSR count). The molecule has 0 aromatic carbocycles. The van der Waals surface area contributed by atoms with Crippen LogP contribution in [0.3, 0.4) is 0 Å². The van der Waals surface area contributed by atoms with Crippen LogP contribution in [-0.2, 0) is 9.59 Å². The van der Waals surface area contributed by atoms with Crippen LogP contribution in [0.4, 0.5) is 0 Å². The molecule has 0 heterocycles. The first-order valence-corrected chi connectivity index (χ1v) is 7.25. The topological polar surface area (TPSA) is 78.4 Å². The average Bonchev–Trinajstić information content (AvgIpc) is 2.38. The highest BCUT2D eigenvalue weighted by Gasteiger charge is 2.32. The molecule has 1 aliphatic carbocycles. The Balaban J connectivity index is 2.36. The number of aliphatic carboxylic acids is 1. The smallest absolute Gasteiger partial charge is 0.323 e. The zero-order valence-electron chi connectivity index (χ0n) is 12.0. The van der Waals surface area contributed by atoms with E-state index in [4.69, 9.17) is 0 Å². The third-order valence-electron chi connectivity index (χ3n) is 3.83. The molecule has 1 aliphatic rings. The van der Waals surface area contributed by atoms with Gasteiger partial charge in [0.05, 0.1) is 6.54 Å². The monoisotopic (exact) mass is 270 g/mol. The molecule has 19 heavy (non-hydrogen) atoms. The van der Waals surface area contributed by atoms with Crippen LogP contribution in [-0.4, -0.2) is 35.1 Å². The zero-order valence-corrected chi connectivity index (χ0v) is 12.0. The van der Waals surface area contributed by atoms with Crippen LogP contribution in [0.1, 0.15) is 58.8 Å². The molecule has 0 saturated heterocycles. The number of carbonyl (C=O) groups is 2. The zero-order chi connectivity index (χ0) is 14.3. The Bertz CT molecular complexity index is 314. The van der Waals surface area contributed by atoms with Gasteiger partial charge in [0.2, 0.25) is 5.91 Å². The molecule has 1 unspecified atom stereocenters. The Morgan fingerprint density at radius 2 is 1.89 bits per heavy atom. The predicted molar refractivity (Wildman–Crippen MR) is 74.0 cm³/mol. The van der Waals surface area contributed by atoms with E-state index in [-0.39, 0.29) is 18.5 Å². The van der Waals surface area contributed by atoms with Crippen LogP contribution >= 0.6 is 0 Å². The maximum absolute atomic E-state index is 11.8. The van der Waals surface area contributed by atoms with Gasteiger partial charge in [-0.25, -0.2) is 0 Å². The van der Waals surface area contributed by atoms with E-state index in [1.54, 1.807) is 6.92 Å². The molecule has 3 N–H and O–H groups in total. The Morgan fingerprint density at radius 3 is 2.42 bits per heavy atom. The summed E-state index contributed by atoms with van der Waals surface area (Å²) in [6.07, 6.45) is 6.94. The van der Waals surface area contributed by atoms with Gasteiger partial charge in [0.1, 0.15) is 5.54 Å². The molecule has 0 radical (unpaired) electrons. The normalized spacial score (nSPS) is 19.7. The van der Waals surface area contributed by atoms with Gasteiger partial charge in [-0.05, 0) is 26.2 Å². The van der Waals surface area contributed by atoms with Gasteiger partial charge in [0.15, 0.2) is 0 Å². The summed E-state index contributed by atoms with van der Waals surface area (Å²) in [4.78, 5) is 23.0. The lowest BCUT2D eigenvalue weighted by atomic mass is 9.95. The van der Waals surface area contributed by atoms with Gasteiger partial charge in [-0.15, -0.1) is 0 Å². The number of nitrogens with one attached hydrogen (secondary N) is 2. The molecule has 0 spiro atoms. The van der Waals surface area contributed by atoms with E-state index in [0.29, 0.717) is 6.42 Å². The summed E-state index contributed by atoms with van der Waals surface area (Å²) >= 11 is 0. The summed E-state index contributed by atoms with van der Waals surface area (Å²) in [6, 6.07) is 0.269. The molecule has 5 heteroatoms. The Labute approximate surface area is 115 Å². The summed E-state index contributed by atoms with van der Waals surface area (Å²) < 4.78 is 0.